The number of nitrogens with one attached hydrogen (secondary N) is 1. The lowest BCUT2D eigenvalue weighted by atomic mass is 10.2. The van der Waals surface area contributed by atoms with Gasteiger partial charge in [-0.1, -0.05) is 6.07 Å². The minimum Gasteiger partial charge on any atom is -0.497 e. The molecule has 0 amide bonds. The molecule has 0 saturated carbocycles. The van der Waals surface area contributed by atoms with Crippen LogP contribution >= 0.6 is 24.0 Å². The van der Waals surface area contributed by atoms with Crippen LogP contribution in [0.1, 0.15) is 5.56 Å². The molecule has 130 valence electrons. The average Bonchev–Trinajstić information content (AvgIpc) is 2.59. The largest absolute Gasteiger partial charge is 0.497 e. The van der Waals surface area contributed by atoms with E-state index in [2.05, 4.69) is 10.3 Å². The first kappa shape index (κ1) is 19.9. The van der Waals surface area contributed by atoms with E-state index < -0.39 is 0 Å². The Bertz CT molecular complexity index is 693. The zero-order valence-corrected chi connectivity index (χ0v) is 16.2. The van der Waals surface area contributed by atoms with Gasteiger partial charge in [0, 0.05) is 23.4 Å². The summed E-state index contributed by atoms with van der Waals surface area (Å²) in [4.78, 5) is 4.33. The van der Waals surface area contributed by atoms with E-state index in [9.17, 15) is 0 Å². The Labute approximate surface area is 159 Å². The molecule has 0 aromatic heterocycles. The summed E-state index contributed by atoms with van der Waals surface area (Å²) >= 11 is 0. The number of ether oxygens (including phenoxy) is 3. The normalized spacial score (nSPS) is 10.5. The Morgan fingerprint density at radius 2 is 1.71 bits per heavy atom. The van der Waals surface area contributed by atoms with E-state index >= 15 is 0 Å². The van der Waals surface area contributed by atoms with Gasteiger partial charge in [0.2, 0.25) is 0 Å². The maximum atomic E-state index is 5.93. The van der Waals surface area contributed by atoms with Crippen LogP contribution in [0.4, 0.5) is 5.69 Å². The van der Waals surface area contributed by atoms with Crippen molar-refractivity contribution in [3.05, 3.63) is 48.0 Å². The molecule has 0 saturated heterocycles. The summed E-state index contributed by atoms with van der Waals surface area (Å²) in [5.74, 6) is 2.51. The van der Waals surface area contributed by atoms with Crippen molar-refractivity contribution in [2.24, 2.45) is 10.7 Å². The number of nitrogens with two attached hydrogens (primary N) is 1. The number of anilines is 1. The van der Waals surface area contributed by atoms with Gasteiger partial charge in [0.05, 0.1) is 27.9 Å². The van der Waals surface area contributed by atoms with E-state index in [1.165, 1.54) is 0 Å². The fourth-order valence-electron chi connectivity index (χ4n) is 2.04. The zero-order valence-electron chi connectivity index (χ0n) is 13.9. The Morgan fingerprint density at radius 1 is 1.00 bits per heavy atom. The van der Waals surface area contributed by atoms with Crippen molar-refractivity contribution < 1.29 is 14.2 Å². The molecule has 2 rings (SSSR count). The van der Waals surface area contributed by atoms with Crippen molar-refractivity contribution in [3.63, 3.8) is 0 Å². The average molecular weight is 443 g/mol. The van der Waals surface area contributed by atoms with Crippen molar-refractivity contribution in [2.75, 3.05) is 26.6 Å². The second kappa shape index (κ2) is 9.86. The predicted octanol–water partition coefficient (Wildman–Crippen LogP) is 3.26. The molecule has 6 nitrogen and oxygen atoms in total. The summed E-state index contributed by atoms with van der Waals surface area (Å²) in [6.07, 6.45) is 0. The molecule has 2 aromatic carbocycles. The number of hydrogen-bond donors (Lipinski definition) is 2. The third-order valence-corrected chi connectivity index (χ3v) is 3.26. The Morgan fingerprint density at radius 3 is 2.38 bits per heavy atom. The standard InChI is InChI=1S/C17H21N3O3.HI/c1-21-14-6-4-5-13(9-14)20-17(18)19-11-12-7-8-15(22-2)10-16(12)23-3;/h4-10H,11H2,1-3H3,(H3,18,19,20);1H. The van der Waals surface area contributed by atoms with Crippen LogP contribution < -0.4 is 25.3 Å². The first-order valence-corrected chi connectivity index (χ1v) is 7.08. The van der Waals surface area contributed by atoms with Crippen LogP contribution in [0.25, 0.3) is 0 Å². The summed E-state index contributed by atoms with van der Waals surface area (Å²) in [5, 5.41) is 3.03. The van der Waals surface area contributed by atoms with Crippen LogP contribution in [0.15, 0.2) is 47.5 Å². The van der Waals surface area contributed by atoms with Crippen LogP contribution in [0.5, 0.6) is 17.2 Å². The van der Waals surface area contributed by atoms with Crippen LogP contribution in [0, 0.1) is 0 Å². The highest BCUT2D eigenvalue weighted by molar-refractivity contribution is 14.0. The molecule has 2 aromatic rings. The summed E-state index contributed by atoms with van der Waals surface area (Å²) < 4.78 is 15.7. The topological polar surface area (TPSA) is 78.1 Å². The lowest BCUT2D eigenvalue weighted by Crippen LogP contribution is -2.22. The molecule has 0 atom stereocenters. The second-order valence-corrected chi connectivity index (χ2v) is 4.74. The fraction of sp³-hybridized carbons (Fsp3) is 0.235. The summed E-state index contributed by atoms with van der Waals surface area (Å²) in [6, 6.07) is 13.0. The number of nitrogens with zero attached hydrogens (tertiary/aromatic N) is 1. The molecular weight excluding hydrogens is 421 g/mol. The van der Waals surface area contributed by atoms with E-state index in [1.54, 1.807) is 21.3 Å². The highest BCUT2D eigenvalue weighted by Gasteiger charge is 2.05. The molecule has 3 N–H and O–H groups in total. The first-order valence-electron chi connectivity index (χ1n) is 7.08. The highest BCUT2D eigenvalue weighted by atomic mass is 127. The third kappa shape index (κ3) is 5.48. The van der Waals surface area contributed by atoms with Gasteiger partial charge in [-0.15, -0.1) is 24.0 Å². The first-order chi connectivity index (χ1) is 11.2. The monoisotopic (exact) mass is 443 g/mol. The number of halogens is 1. The quantitative estimate of drug-likeness (QED) is 0.407. The SMILES string of the molecule is COc1cccc(NC(N)=NCc2ccc(OC)cc2OC)c1.I. The van der Waals surface area contributed by atoms with Gasteiger partial charge < -0.3 is 25.3 Å². The molecule has 0 aliphatic carbocycles. The van der Waals surface area contributed by atoms with Gasteiger partial charge in [0.1, 0.15) is 17.2 Å². The lowest BCUT2D eigenvalue weighted by molar-refractivity contribution is 0.391. The fourth-order valence-corrected chi connectivity index (χ4v) is 2.04. The minimum absolute atomic E-state index is 0. The molecule has 0 aliphatic heterocycles. The van der Waals surface area contributed by atoms with Crippen LogP contribution in [0.3, 0.4) is 0 Å². The van der Waals surface area contributed by atoms with Crippen molar-refractivity contribution >= 4 is 35.6 Å². The Kier molecular flexibility index (Phi) is 8.17. The summed E-state index contributed by atoms with van der Waals surface area (Å²) in [5.41, 5.74) is 7.66. The maximum absolute atomic E-state index is 5.93. The van der Waals surface area contributed by atoms with E-state index in [-0.39, 0.29) is 24.0 Å². The van der Waals surface area contributed by atoms with E-state index in [0.717, 1.165) is 22.7 Å². The highest BCUT2D eigenvalue weighted by Crippen LogP contribution is 2.25. The van der Waals surface area contributed by atoms with Gasteiger partial charge in [0.15, 0.2) is 5.96 Å². The lowest BCUT2D eigenvalue weighted by Gasteiger charge is -2.10. The van der Waals surface area contributed by atoms with Gasteiger partial charge >= 0.3 is 0 Å². The number of guanidine groups is 1. The molecular formula is C17H22IN3O3. The van der Waals surface area contributed by atoms with Crippen LogP contribution in [-0.2, 0) is 6.54 Å². The number of rotatable bonds is 6. The van der Waals surface area contributed by atoms with Crippen molar-refractivity contribution in [1.29, 1.82) is 0 Å². The van der Waals surface area contributed by atoms with Crippen molar-refractivity contribution in [3.8, 4) is 17.2 Å². The number of methoxy groups -OCH3 is 3. The third-order valence-electron chi connectivity index (χ3n) is 3.26. The summed E-state index contributed by atoms with van der Waals surface area (Å²) in [6.45, 7) is 0.399. The Hall–Kier alpha value is -2.16. The van der Waals surface area contributed by atoms with E-state index in [1.807, 2.05) is 42.5 Å². The van der Waals surface area contributed by atoms with Gasteiger partial charge in [-0.25, -0.2) is 4.99 Å². The van der Waals surface area contributed by atoms with Crippen molar-refractivity contribution in [2.45, 2.75) is 6.54 Å². The Balaban J connectivity index is 0.00000288. The number of benzene rings is 2. The van der Waals surface area contributed by atoms with Gasteiger partial charge in [-0.2, -0.15) is 0 Å². The number of hydrogen-bond acceptors (Lipinski definition) is 4. The smallest absolute Gasteiger partial charge is 0.193 e. The van der Waals surface area contributed by atoms with Gasteiger partial charge in [-0.05, 0) is 24.3 Å². The van der Waals surface area contributed by atoms with Crippen LogP contribution in [0.2, 0.25) is 0 Å². The van der Waals surface area contributed by atoms with Gasteiger partial charge in [0.25, 0.3) is 0 Å². The molecule has 0 bridgehead atoms. The summed E-state index contributed by atoms with van der Waals surface area (Å²) in [7, 11) is 4.84. The molecule has 0 unspecified atom stereocenters. The van der Waals surface area contributed by atoms with E-state index in [4.69, 9.17) is 19.9 Å². The molecule has 0 spiro atoms. The molecule has 0 aliphatic rings. The van der Waals surface area contributed by atoms with Crippen LogP contribution in [-0.4, -0.2) is 27.3 Å². The van der Waals surface area contributed by atoms with Crippen molar-refractivity contribution in [1.82, 2.24) is 0 Å². The molecule has 24 heavy (non-hydrogen) atoms. The molecule has 7 heteroatoms. The van der Waals surface area contributed by atoms with E-state index in [0.29, 0.717) is 18.3 Å². The zero-order chi connectivity index (χ0) is 16.7. The predicted molar refractivity (Wildman–Crippen MR) is 107 cm³/mol. The van der Waals surface area contributed by atoms with Gasteiger partial charge in [-0.3, -0.25) is 0 Å². The molecule has 0 radical (unpaired) electrons. The molecule has 0 heterocycles. The maximum Gasteiger partial charge on any atom is 0.193 e. The second-order valence-electron chi connectivity index (χ2n) is 4.74. The number of aliphatic imine (C=N–C) groups is 1. The molecule has 0 fully saturated rings. The minimum atomic E-state index is 0.